The van der Waals surface area contributed by atoms with Crippen molar-refractivity contribution >= 4 is 21.2 Å². The summed E-state index contributed by atoms with van der Waals surface area (Å²) in [5.74, 6) is 0.164. The number of hydrogen-bond donors (Lipinski definition) is 1. The van der Waals surface area contributed by atoms with Crippen LogP contribution in [0.4, 0.5) is 11.4 Å². The van der Waals surface area contributed by atoms with Crippen molar-refractivity contribution in [2.45, 2.75) is 6.61 Å². The SMILES string of the molecule is O=[N+]([O-])c1ccc(N2CCS(=O)(=O)CC2)cc1CO. The molecule has 2 rings (SSSR count). The molecule has 19 heavy (non-hydrogen) atoms. The fourth-order valence-corrected chi connectivity index (χ4v) is 3.25. The zero-order valence-electron chi connectivity index (χ0n) is 10.2. The van der Waals surface area contributed by atoms with Gasteiger partial charge in [-0.1, -0.05) is 0 Å². The van der Waals surface area contributed by atoms with Gasteiger partial charge in [-0.05, 0) is 12.1 Å². The van der Waals surface area contributed by atoms with Crippen LogP contribution in [0, 0.1) is 10.1 Å². The molecule has 8 heteroatoms. The number of nitro benzene ring substituents is 1. The van der Waals surface area contributed by atoms with E-state index in [9.17, 15) is 18.5 Å². The summed E-state index contributed by atoms with van der Waals surface area (Å²) < 4.78 is 22.7. The van der Waals surface area contributed by atoms with Crippen molar-refractivity contribution in [3.63, 3.8) is 0 Å². The van der Waals surface area contributed by atoms with E-state index in [1.165, 1.54) is 12.1 Å². The van der Waals surface area contributed by atoms with Crippen LogP contribution >= 0.6 is 0 Å². The summed E-state index contributed by atoms with van der Waals surface area (Å²) >= 11 is 0. The summed E-state index contributed by atoms with van der Waals surface area (Å²) in [5.41, 5.74) is 0.802. The van der Waals surface area contributed by atoms with Gasteiger partial charge in [0.2, 0.25) is 0 Å². The highest BCUT2D eigenvalue weighted by atomic mass is 32.2. The van der Waals surface area contributed by atoms with Crippen molar-refractivity contribution in [1.82, 2.24) is 0 Å². The van der Waals surface area contributed by atoms with E-state index in [0.29, 0.717) is 18.8 Å². The second kappa shape index (κ2) is 5.14. The van der Waals surface area contributed by atoms with Crippen molar-refractivity contribution in [3.8, 4) is 0 Å². The molecule has 0 aromatic heterocycles. The maximum atomic E-state index is 11.3. The van der Waals surface area contributed by atoms with E-state index in [-0.39, 0.29) is 22.8 Å². The van der Waals surface area contributed by atoms with Crippen LogP contribution in [0.25, 0.3) is 0 Å². The number of aliphatic hydroxyl groups excluding tert-OH is 1. The van der Waals surface area contributed by atoms with Crippen LogP contribution in [-0.2, 0) is 16.4 Å². The average Bonchev–Trinajstić information content (AvgIpc) is 2.37. The molecule has 0 radical (unpaired) electrons. The Morgan fingerprint density at radius 2 is 1.95 bits per heavy atom. The minimum atomic E-state index is -2.96. The van der Waals surface area contributed by atoms with Crippen molar-refractivity contribution in [3.05, 3.63) is 33.9 Å². The second-order valence-corrected chi connectivity index (χ2v) is 6.67. The van der Waals surface area contributed by atoms with E-state index in [2.05, 4.69) is 0 Å². The Morgan fingerprint density at radius 3 is 2.47 bits per heavy atom. The molecule has 0 amide bonds. The molecule has 0 atom stereocenters. The Labute approximate surface area is 110 Å². The maximum Gasteiger partial charge on any atom is 0.275 e. The van der Waals surface area contributed by atoms with Gasteiger partial charge < -0.3 is 10.0 Å². The third-order valence-corrected chi connectivity index (χ3v) is 4.75. The predicted octanol–water partition coefficient (Wildman–Crippen LogP) is 0.322. The largest absolute Gasteiger partial charge is 0.391 e. The van der Waals surface area contributed by atoms with Gasteiger partial charge in [-0.2, -0.15) is 0 Å². The topological polar surface area (TPSA) is 101 Å². The van der Waals surface area contributed by atoms with Crippen LogP contribution in [0.1, 0.15) is 5.56 Å². The Hall–Kier alpha value is -1.67. The molecule has 1 aliphatic rings. The average molecular weight is 286 g/mol. The summed E-state index contributed by atoms with van der Waals surface area (Å²) in [5, 5.41) is 19.9. The Morgan fingerprint density at radius 1 is 1.32 bits per heavy atom. The Bertz CT molecular complexity index is 585. The molecular formula is C11H14N2O5S. The normalized spacial score (nSPS) is 18.3. The van der Waals surface area contributed by atoms with Gasteiger partial charge in [-0.25, -0.2) is 8.42 Å². The first-order chi connectivity index (χ1) is 8.93. The number of hydrogen-bond acceptors (Lipinski definition) is 6. The molecule has 0 unspecified atom stereocenters. The number of nitrogens with zero attached hydrogens (tertiary/aromatic N) is 2. The molecule has 1 N–H and O–H groups in total. The lowest BCUT2D eigenvalue weighted by atomic mass is 10.1. The molecule has 1 saturated heterocycles. The van der Waals surface area contributed by atoms with Gasteiger partial charge in [0.05, 0.1) is 28.6 Å². The number of sulfone groups is 1. The Kier molecular flexibility index (Phi) is 3.72. The molecule has 1 heterocycles. The summed E-state index contributed by atoms with van der Waals surface area (Å²) in [4.78, 5) is 12.1. The minimum Gasteiger partial charge on any atom is -0.391 e. The summed E-state index contributed by atoms with van der Waals surface area (Å²) in [6.07, 6.45) is 0. The molecule has 1 aromatic rings. The molecule has 1 aliphatic heterocycles. The molecule has 0 bridgehead atoms. The van der Waals surface area contributed by atoms with E-state index >= 15 is 0 Å². The lowest BCUT2D eigenvalue weighted by Gasteiger charge is -2.28. The fraction of sp³-hybridized carbons (Fsp3) is 0.455. The highest BCUT2D eigenvalue weighted by Gasteiger charge is 2.23. The molecule has 0 aliphatic carbocycles. The number of aliphatic hydroxyl groups is 1. The first kappa shape index (κ1) is 13.8. The van der Waals surface area contributed by atoms with Crippen molar-refractivity contribution in [2.75, 3.05) is 29.5 Å². The van der Waals surface area contributed by atoms with E-state index < -0.39 is 21.4 Å². The van der Waals surface area contributed by atoms with Gasteiger partial charge in [0.15, 0.2) is 9.84 Å². The van der Waals surface area contributed by atoms with E-state index in [1.54, 1.807) is 6.07 Å². The van der Waals surface area contributed by atoms with Crippen molar-refractivity contribution in [1.29, 1.82) is 0 Å². The molecular weight excluding hydrogens is 272 g/mol. The smallest absolute Gasteiger partial charge is 0.275 e. The number of rotatable bonds is 3. The first-order valence-electron chi connectivity index (χ1n) is 5.76. The molecule has 0 saturated carbocycles. The standard InChI is InChI=1S/C11H14N2O5S/c14-8-9-7-10(1-2-11(9)13(15)16)12-3-5-19(17,18)6-4-12/h1-2,7,14H,3-6,8H2. The maximum absolute atomic E-state index is 11.3. The fourth-order valence-electron chi connectivity index (χ4n) is 2.04. The molecule has 0 spiro atoms. The quantitative estimate of drug-likeness (QED) is 0.634. The zero-order chi connectivity index (χ0) is 14.0. The number of nitro groups is 1. The minimum absolute atomic E-state index is 0.0818. The molecule has 7 nitrogen and oxygen atoms in total. The van der Waals surface area contributed by atoms with Gasteiger partial charge >= 0.3 is 0 Å². The van der Waals surface area contributed by atoms with Gasteiger partial charge in [0.1, 0.15) is 0 Å². The van der Waals surface area contributed by atoms with Gasteiger partial charge in [-0.3, -0.25) is 10.1 Å². The van der Waals surface area contributed by atoms with Crippen LogP contribution in [0.15, 0.2) is 18.2 Å². The zero-order valence-corrected chi connectivity index (χ0v) is 11.0. The van der Waals surface area contributed by atoms with E-state index in [1.807, 2.05) is 4.90 Å². The van der Waals surface area contributed by atoms with Crippen molar-refractivity contribution in [2.24, 2.45) is 0 Å². The summed E-state index contributed by atoms with van der Waals surface area (Å²) in [6.45, 7) is 0.312. The second-order valence-electron chi connectivity index (χ2n) is 4.37. The number of benzene rings is 1. The highest BCUT2D eigenvalue weighted by molar-refractivity contribution is 7.91. The third kappa shape index (κ3) is 3.02. The van der Waals surface area contributed by atoms with Crippen LogP contribution in [-0.4, -0.2) is 43.0 Å². The molecule has 1 aromatic carbocycles. The van der Waals surface area contributed by atoms with Crippen molar-refractivity contribution < 1.29 is 18.4 Å². The lowest BCUT2D eigenvalue weighted by molar-refractivity contribution is -0.385. The first-order valence-corrected chi connectivity index (χ1v) is 7.58. The van der Waals surface area contributed by atoms with Gasteiger partial charge in [-0.15, -0.1) is 0 Å². The van der Waals surface area contributed by atoms with Crippen LogP contribution in [0.5, 0.6) is 0 Å². The molecule has 104 valence electrons. The monoisotopic (exact) mass is 286 g/mol. The highest BCUT2D eigenvalue weighted by Crippen LogP contribution is 2.26. The summed E-state index contributed by atoms with van der Waals surface area (Å²) in [7, 11) is -2.96. The Balaban J connectivity index is 2.25. The number of anilines is 1. The van der Waals surface area contributed by atoms with Crippen LogP contribution in [0.3, 0.4) is 0 Å². The van der Waals surface area contributed by atoms with Gasteiger partial charge in [0, 0.05) is 24.8 Å². The lowest BCUT2D eigenvalue weighted by Crippen LogP contribution is -2.40. The van der Waals surface area contributed by atoms with E-state index in [0.717, 1.165) is 0 Å². The molecule has 1 fully saturated rings. The van der Waals surface area contributed by atoms with Crippen LogP contribution in [0.2, 0.25) is 0 Å². The van der Waals surface area contributed by atoms with Crippen LogP contribution < -0.4 is 4.90 Å². The third-order valence-electron chi connectivity index (χ3n) is 3.14. The van der Waals surface area contributed by atoms with E-state index in [4.69, 9.17) is 5.11 Å². The predicted molar refractivity (Wildman–Crippen MR) is 69.9 cm³/mol. The van der Waals surface area contributed by atoms with Gasteiger partial charge in [0.25, 0.3) is 5.69 Å². The summed E-state index contributed by atoms with van der Waals surface area (Å²) in [6, 6.07) is 4.45.